The molecule has 3 atom stereocenters. The fraction of sp³-hybridized carbons (Fsp3) is 0.321. The van der Waals surface area contributed by atoms with Crippen molar-refractivity contribution < 1.29 is 19.5 Å². The topological polar surface area (TPSA) is 108 Å². The number of carboxylic acids is 1. The number of fused-ring (bicyclic) bond motifs is 1. The number of rotatable bonds is 11. The number of aliphatic carboxylic acids is 1. The molecule has 0 spiro atoms. The lowest BCUT2D eigenvalue weighted by Crippen LogP contribution is -2.55. The van der Waals surface area contributed by atoms with Gasteiger partial charge in [0.2, 0.25) is 11.8 Å². The lowest BCUT2D eigenvalue weighted by Gasteiger charge is -2.26. The highest BCUT2D eigenvalue weighted by Crippen LogP contribution is 2.20. The van der Waals surface area contributed by atoms with E-state index in [0.717, 1.165) is 16.3 Å². The quantitative estimate of drug-likeness (QED) is 0.336. The third-order valence-corrected chi connectivity index (χ3v) is 5.82. The van der Waals surface area contributed by atoms with E-state index in [1.165, 1.54) is 6.92 Å². The van der Waals surface area contributed by atoms with Gasteiger partial charge in [0.25, 0.3) is 0 Å². The molecule has 1 unspecified atom stereocenters. The maximum Gasteiger partial charge on any atom is 0.320 e. The number of anilines is 1. The first-order chi connectivity index (χ1) is 16.7. The fourth-order valence-corrected chi connectivity index (χ4v) is 4.02. The van der Waals surface area contributed by atoms with E-state index in [1.54, 1.807) is 12.1 Å². The highest BCUT2D eigenvalue weighted by atomic mass is 16.4. The van der Waals surface area contributed by atoms with Gasteiger partial charge >= 0.3 is 5.97 Å². The minimum atomic E-state index is -1.05. The molecule has 0 bridgehead atoms. The van der Waals surface area contributed by atoms with Gasteiger partial charge in [0.1, 0.15) is 12.1 Å². The zero-order valence-electron chi connectivity index (χ0n) is 20.3. The number of nitrogens with one attached hydrogen (secondary N) is 3. The minimum absolute atomic E-state index is 0.157. The molecule has 0 aliphatic rings. The van der Waals surface area contributed by atoms with Gasteiger partial charge in [-0.3, -0.25) is 19.7 Å². The van der Waals surface area contributed by atoms with E-state index < -0.39 is 30.0 Å². The van der Waals surface area contributed by atoms with Crippen molar-refractivity contribution in [3.05, 3.63) is 78.4 Å². The van der Waals surface area contributed by atoms with Crippen LogP contribution in [0.1, 0.15) is 32.8 Å². The smallest absolute Gasteiger partial charge is 0.320 e. The summed E-state index contributed by atoms with van der Waals surface area (Å²) in [7, 11) is 0. The van der Waals surface area contributed by atoms with E-state index in [2.05, 4.69) is 16.0 Å². The molecule has 0 aromatic heterocycles. The van der Waals surface area contributed by atoms with Crippen molar-refractivity contribution in [2.24, 2.45) is 5.92 Å². The number of para-hydroxylation sites is 1. The van der Waals surface area contributed by atoms with E-state index in [1.807, 2.05) is 74.5 Å². The monoisotopic (exact) mass is 475 g/mol. The fourth-order valence-electron chi connectivity index (χ4n) is 4.02. The molecule has 0 heterocycles. The van der Waals surface area contributed by atoms with Gasteiger partial charge in [0.05, 0.1) is 6.04 Å². The molecule has 2 amide bonds. The molecule has 0 fully saturated rings. The van der Waals surface area contributed by atoms with Gasteiger partial charge in [-0.05, 0) is 54.2 Å². The molecule has 3 aromatic rings. The predicted molar refractivity (Wildman–Crippen MR) is 138 cm³/mol. The molecule has 0 aliphatic carbocycles. The zero-order valence-corrected chi connectivity index (χ0v) is 20.3. The third kappa shape index (κ3) is 7.39. The molecular weight excluding hydrogens is 442 g/mol. The van der Waals surface area contributed by atoms with Crippen molar-refractivity contribution in [1.82, 2.24) is 10.6 Å². The van der Waals surface area contributed by atoms with Gasteiger partial charge in [-0.15, -0.1) is 0 Å². The summed E-state index contributed by atoms with van der Waals surface area (Å²) in [6.45, 7) is 5.46. The van der Waals surface area contributed by atoms with Crippen LogP contribution >= 0.6 is 0 Å². The lowest BCUT2D eigenvalue weighted by atomic mass is 9.97. The van der Waals surface area contributed by atoms with Crippen LogP contribution in [0.5, 0.6) is 0 Å². The summed E-state index contributed by atoms with van der Waals surface area (Å²) in [5.74, 6) is -1.63. The number of carboxylic acid groups (broad SMARTS) is 1. The highest BCUT2D eigenvalue weighted by molar-refractivity contribution is 5.98. The number of carbonyl (C=O) groups excluding carboxylic acids is 2. The first-order valence-electron chi connectivity index (χ1n) is 11.9. The second kappa shape index (κ2) is 12.1. The predicted octanol–water partition coefficient (Wildman–Crippen LogP) is 3.98. The van der Waals surface area contributed by atoms with Crippen LogP contribution in [0.2, 0.25) is 0 Å². The Morgan fingerprint density at radius 2 is 1.46 bits per heavy atom. The average molecular weight is 476 g/mol. The Morgan fingerprint density at radius 3 is 2.14 bits per heavy atom. The molecule has 7 heteroatoms. The van der Waals surface area contributed by atoms with E-state index in [4.69, 9.17) is 0 Å². The van der Waals surface area contributed by atoms with Crippen LogP contribution in [0, 0.1) is 5.92 Å². The number of amides is 2. The Bertz CT molecular complexity index is 1160. The summed E-state index contributed by atoms with van der Waals surface area (Å²) in [5.41, 5.74) is 1.56. The molecule has 7 nitrogen and oxygen atoms in total. The van der Waals surface area contributed by atoms with Crippen molar-refractivity contribution in [2.45, 2.75) is 51.7 Å². The number of hydrogen-bond acceptors (Lipinski definition) is 4. The van der Waals surface area contributed by atoms with Crippen LogP contribution in [0.15, 0.2) is 72.8 Å². The highest BCUT2D eigenvalue weighted by Gasteiger charge is 2.29. The minimum Gasteiger partial charge on any atom is -0.480 e. The van der Waals surface area contributed by atoms with Gasteiger partial charge < -0.3 is 15.7 Å². The lowest BCUT2D eigenvalue weighted by molar-refractivity contribution is -0.139. The van der Waals surface area contributed by atoms with Crippen LogP contribution in [0.25, 0.3) is 10.8 Å². The Balaban J connectivity index is 1.83. The van der Waals surface area contributed by atoms with E-state index in [9.17, 15) is 19.5 Å². The van der Waals surface area contributed by atoms with E-state index >= 15 is 0 Å². The van der Waals surface area contributed by atoms with E-state index in [0.29, 0.717) is 12.1 Å². The second-order valence-electron chi connectivity index (χ2n) is 9.17. The maximum atomic E-state index is 13.4. The van der Waals surface area contributed by atoms with Crippen molar-refractivity contribution in [3.63, 3.8) is 0 Å². The maximum absolute atomic E-state index is 13.4. The van der Waals surface area contributed by atoms with Crippen LogP contribution < -0.4 is 16.0 Å². The summed E-state index contributed by atoms with van der Waals surface area (Å²) in [5, 5.41) is 20.1. The summed E-state index contributed by atoms with van der Waals surface area (Å²) >= 11 is 0. The standard InChI is InChI=1S/C28H33N3O4/c1-18(2)16-24(26(32)30-22-13-5-4-6-14-22)31-27(33)25(29-19(3)28(34)35)17-21-12-9-11-20-10-7-8-15-23(20)21/h4-15,18-19,24-25,29H,16-17H2,1-3H3,(H,30,32)(H,31,33)(H,34,35)/t19?,24-,25-/m0/s1. The molecule has 3 aromatic carbocycles. The van der Waals surface area contributed by atoms with Crippen LogP contribution in [0.4, 0.5) is 5.69 Å². The van der Waals surface area contributed by atoms with Gasteiger partial charge in [0, 0.05) is 5.69 Å². The summed E-state index contributed by atoms with van der Waals surface area (Å²) in [4.78, 5) is 38.0. The molecule has 0 saturated carbocycles. The first kappa shape index (κ1) is 25.9. The summed E-state index contributed by atoms with van der Waals surface area (Å²) < 4.78 is 0. The van der Waals surface area contributed by atoms with Gasteiger partial charge in [-0.1, -0.05) is 74.5 Å². The Hall–Kier alpha value is -3.71. The van der Waals surface area contributed by atoms with Crippen molar-refractivity contribution in [3.8, 4) is 0 Å². The van der Waals surface area contributed by atoms with Crippen molar-refractivity contribution in [2.75, 3.05) is 5.32 Å². The molecular formula is C28H33N3O4. The largest absolute Gasteiger partial charge is 0.480 e. The average Bonchev–Trinajstić information content (AvgIpc) is 2.83. The Morgan fingerprint density at radius 1 is 0.800 bits per heavy atom. The Kier molecular flexibility index (Phi) is 8.98. The molecule has 0 saturated heterocycles. The molecule has 35 heavy (non-hydrogen) atoms. The van der Waals surface area contributed by atoms with Crippen molar-refractivity contribution in [1.29, 1.82) is 0 Å². The van der Waals surface area contributed by atoms with Crippen LogP contribution in [-0.2, 0) is 20.8 Å². The number of carbonyl (C=O) groups is 3. The molecule has 3 rings (SSSR count). The third-order valence-electron chi connectivity index (χ3n) is 5.82. The molecule has 4 N–H and O–H groups in total. The molecule has 0 aliphatic heterocycles. The zero-order chi connectivity index (χ0) is 25.4. The first-order valence-corrected chi connectivity index (χ1v) is 11.9. The van der Waals surface area contributed by atoms with E-state index in [-0.39, 0.29) is 18.2 Å². The van der Waals surface area contributed by atoms with Gasteiger partial charge in [-0.25, -0.2) is 0 Å². The summed E-state index contributed by atoms with van der Waals surface area (Å²) in [6.07, 6.45) is 0.722. The normalized spacial score (nSPS) is 13.7. The SMILES string of the molecule is CC(C)C[C@H](NC(=O)[C@H](Cc1cccc2ccccc12)NC(C)C(=O)O)C(=O)Nc1ccccc1. The number of hydrogen-bond donors (Lipinski definition) is 4. The van der Waals surface area contributed by atoms with Crippen LogP contribution in [0.3, 0.4) is 0 Å². The Labute approximate surface area is 205 Å². The second-order valence-corrected chi connectivity index (χ2v) is 9.17. The van der Waals surface area contributed by atoms with Crippen molar-refractivity contribution >= 4 is 34.2 Å². The van der Waals surface area contributed by atoms with Gasteiger partial charge in [-0.2, -0.15) is 0 Å². The number of benzene rings is 3. The summed E-state index contributed by atoms with van der Waals surface area (Å²) in [6, 6.07) is 20.2. The van der Waals surface area contributed by atoms with Crippen LogP contribution in [-0.4, -0.2) is 41.0 Å². The molecule has 0 radical (unpaired) electrons. The molecule has 184 valence electrons. The van der Waals surface area contributed by atoms with Gasteiger partial charge in [0.15, 0.2) is 0 Å².